The highest BCUT2D eigenvalue weighted by Crippen LogP contribution is 2.25. The average molecular weight is 337 g/mol. The maximum Gasteiger partial charge on any atom is 0.242 e. The van der Waals surface area contributed by atoms with Gasteiger partial charge in [-0.05, 0) is 50.6 Å². The summed E-state index contributed by atoms with van der Waals surface area (Å²) in [5.41, 5.74) is 0. The minimum atomic E-state index is -3.62. The second kappa shape index (κ2) is 6.62. The number of sulfonamides is 1. The first-order chi connectivity index (χ1) is 9.38. The molecule has 1 fully saturated rings. The monoisotopic (exact) mass is 336 g/mol. The number of piperidine rings is 1. The normalized spacial score (nSPS) is 21.1. The van der Waals surface area contributed by atoms with E-state index in [0.29, 0.717) is 17.5 Å². The van der Waals surface area contributed by atoms with Crippen LogP contribution >= 0.6 is 23.2 Å². The van der Waals surface area contributed by atoms with E-state index in [-0.39, 0.29) is 9.92 Å². The molecule has 20 heavy (non-hydrogen) atoms. The number of likely N-dealkylation sites (tertiary alicyclic amines) is 1. The van der Waals surface area contributed by atoms with Gasteiger partial charge in [0.05, 0.1) is 5.02 Å². The molecule has 0 saturated carbocycles. The van der Waals surface area contributed by atoms with Crippen molar-refractivity contribution < 1.29 is 8.42 Å². The molecule has 1 aliphatic heterocycles. The Morgan fingerprint density at radius 1 is 1.40 bits per heavy atom. The quantitative estimate of drug-likeness (QED) is 0.919. The zero-order chi connectivity index (χ0) is 14.8. The molecule has 0 unspecified atom stereocenters. The van der Waals surface area contributed by atoms with E-state index in [4.69, 9.17) is 23.2 Å². The molecule has 1 aliphatic rings. The second-order valence-electron chi connectivity index (χ2n) is 5.20. The fourth-order valence-corrected chi connectivity index (χ4v) is 4.30. The minimum absolute atomic E-state index is 0.0378. The first kappa shape index (κ1) is 16.0. The molecular formula is C13H18Cl2N2O2S. The Kier molecular flexibility index (Phi) is 5.31. The van der Waals surface area contributed by atoms with Gasteiger partial charge in [-0.1, -0.05) is 23.2 Å². The molecule has 1 aromatic rings. The summed E-state index contributed by atoms with van der Waals surface area (Å²) in [6.07, 6.45) is 2.14. The Balaban J connectivity index is 2.05. The summed E-state index contributed by atoms with van der Waals surface area (Å²) in [7, 11) is -1.57. The molecule has 4 nitrogen and oxygen atoms in total. The van der Waals surface area contributed by atoms with Gasteiger partial charge in [0.1, 0.15) is 4.90 Å². The molecule has 2 rings (SSSR count). The maximum atomic E-state index is 12.3. The van der Waals surface area contributed by atoms with Crippen LogP contribution in [-0.4, -0.2) is 40.0 Å². The Labute approximate surface area is 130 Å². The van der Waals surface area contributed by atoms with Gasteiger partial charge in [0.25, 0.3) is 0 Å². The fourth-order valence-electron chi connectivity index (χ4n) is 2.43. The van der Waals surface area contributed by atoms with Crippen LogP contribution in [0.4, 0.5) is 0 Å². The van der Waals surface area contributed by atoms with Crippen LogP contribution in [-0.2, 0) is 10.0 Å². The van der Waals surface area contributed by atoms with Crippen molar-refractivity contribution in [3.8, 4) is 0 Å². The Bertz CT molecular complexity index is 578. The van der Waals surface area contributed by atoms with Crippen molar-refractivity contribution in [1.29, 1.82) is 0 Å². The summed E-state index contributed by atoms with van der Waals surface area (Å²) in [6.45, 7) is 2.41. The SMILES string of the molecule is CN1CCC[C@H](CNS(=O)(=O)c2cc(Cl)ccc2Cl)C1. The van der Waals surface area contributed by atoms with Crippen LogP contribution in [0.5, 0.6) is 0 Å². The van der Waals surface area contributed by atoms with Crippen LogP contribution in [0, 0.1) is 5.92 Å². The molecule has 7 heteroatoms. The molecule has 1 N–H and O–H groups in total. The predicted octanol–water partition coefficient (Wildman–Crippen LogP) is 2.61. The lowest BCUT2D eigenvalue weighted by molar-refractivity contribution is 0.211. The molecule has 1 saturated heterocycles. The zero-order valence-electron chi connectivity index (χ0n) is 11.3. The number of halogens is 2. The number of hydrogen-bond acceptors (Lipinski definition) is 3. The van der Waals surface area contributed by atoms with E-state index in [2.05, 4.69) is 16.7 Å². The lowest BCUT2D eigenvalue weighted by Crippen LogP contribution is -2.39. The van der Waals surface area contributed by atoms with Crippen molar-refractivity contribution in [2.45, 2.75) is 17.7 Å². The van der Waals surface area contributed by atoms with Crippen molar-refractivity contribution in [1.82, 2.24) is 9.62 Å². The van der Waals surface area contributed by atoms with Gasteiger partial charge in [-0.15, -0.1) is 0 Å². The number of benzene rings is 1. The number of hydrogen-bond donors (Lipinski definition) is 1. The highest BCUT2D eigenvalue weighted by molar-refractivity contribution is 7.89. The van der Waals surface area contributed by atoms with Gasteiger partial charge >= 0.3 is 0 Å². The van der Waals surface area contributed by atoms with Crippen molar-refractivity contribution in [2.24, 2.45) is 5.92 Å². The standard InChI is InChI=1S/C13H18Cl2N2O2S/c1-17-6-2-3-10(9-17)8-16-20(18,19)13-7-11(14)4-5-12(13)15/h4-5,7,10,16H,2-3,6,8-9H2,1H3/t10-/m1/s1. The van der Waals surface area contributed by atoms with E-state index in [1.165, 1.54) is 12.1 Å². The third-order valence-corrected chi connectivity index (χ3v) is 5.61. The minimum Gasteiger partial charge on any atom is -0.306 e. The van der Waals surface area contributed by atoms with Gasteiger partial charge in [-0.25, -0.2) is 13.1 Å². The Morgan fingerprint density at radius 2 is 2.15 bits per heavy atom. The lowest BCUT2D eigenvalue weighted by atomic mass is 9.99. The van der Waals surface area contributed by atoms with Gasteiger partial charge in [0.2, 0.25) is 10.0 Å². The van der Waals surface area contributed by atoms with Crippen LogP contribution < -0.4 is 4.72 Å². The van der Waals surface area contributed by atoms with Crippen LogP contribution in [0.1, 0.15) is 12.8 Å². The molecule has 0 amide bonds. The number of nitrogens with zero attached hydrogens (tertiary/aromatic N) is 1. The van der Waals surface area contributed by atoms with E-state index >= 15 is 0 Å². The second-order valence-corrected chi connectivity index (χ2v) is 7.78. The van der Waals surface area contributed by atoms with Gasteiger partial charge in [0, 0.05) is 18.1 Å². The third-order valence-electron chi connectivity index (χ3n) is 3.47. The van der Waals surface area contributed by atoms with E-state index in [1.54, 1.807) is 6.07 Å². The summed E-state index contributed by atoms with van der Waals surface area (Å²) in [5.74, 6) is 0.335. The van der Waals surface area contributed by atoms with Crippen LogP contribution in [0.15, 0.2) is 23.1 Å². The molecule has 1 heterocycles. The van der Waals surface area contributed by atoms with Crippen molar-refractivity contribution in [3.63, 3.8) is 0 Å². The number of nitrogens with one attached hydrogen (secondary N) is 1. The van der Waals surface area contributed by atoms with Gasteiger partial charge in [-0.3, -0.25) is 0 Å². The van der Waals surface area contributed by atoms with E-state index in [0.717, 1.165) is 25.9 Å². The molecule has 0 radical (unpaired) electrons. The Morgan fingerprint density at radius 3 is 2.85 bits per heavy atom. The first-order valence-corrected chi connectivity index (χ1v) is 8.75. The molecule has 1 atom stereocenters. The summed E-state index contributed by atoms with van der Waals surface area (Å²) in [6, 6.07) is 4.44. The van der Waals surface area contributed by atoms with Crippen molar-refractivity contribution in [3.05, 3.63) is 28.2 Å². The van der Waals surface area contributed by atoms with Crippen LogP contribution in [0.25, 0.3) is 0 Å². The van der Waals surface area contributed by atoms with Gasteiger partial charge in [0.15, 0.2) is 0 Å². The van der Waals surface area contributed by atoms with E-state index in [9.17, 15) is 8.42 Å². The molecule has 112 valence electrons. The fraction of sp³-hybridized carbons (Fsp3) is 0.538. The average Bonchev–Trinajstić information content (AvgIpc) is 2.39. The summed E-state index contributed by atoms with van der Waals surface area (Å²) in [4.78, 5) is 2.25. The topological polar surface area (TPSA) is 49.4 Å². The number of rotatable bonds is 4. The summed E-state index contributed by atoms with van der Waals surface area (Å²) < 4.78 is 27.2. The smallest absolute Gasteiger partial charge is 0.242 e. The molecular weight excluding hydrogens is 319 g/mol. The molecule has 0 spiro atoms. The van der Waals surface area contributed by atoms with Crippen LogP contribution in [0.2, 0.25) is 10.0 Å². The lowest BCUT2D eigenvalue weighted by Gasteiger charge is -2.29. The van der Waals surface area contributed by atoms with Gasteiger partial charge < -0.3 is 4.90 Å². The predicted molar refractivity (Wildman–Crippen MR) is 81.9 cm³/mol. The molecule has 1 aromatic carbocycles. The van der Waals surface area contributed by atoms with E-state index < -0.39 is 10.0 Å². The summed E-state index contributed by atoms with van der Waals surface area (Å²) >= 11 is 11.8. The summed E-state index contributed by atoms with van der Waals surface area (Å²) in [5, 5.41) is 0.537. The molecule has 0 aliphatic carbocycles. The first-order valence-electron chi connectivity index (χ1n) is 6.52. The molecule has 0 aromatic heterocycles. The highest BCUT2D eigenvalue weighted by atomic mass is 35.5. The van der Waals surface area contributed by atoms with Crippen molar-refractivity contribution >= 4 is 33.2 Å². The largest absolute Gasteiger partial charge is 0.306 e. The third kappa shape index (κ3) is 4.09. The van der Waals surface area contributed by atoms with E-state index in [1.807, 2.05) is 0 Å². The van der Waals surface area contributed by atoms with Crippen molar-refractivity contribution in [2.75, 3.05) is 26.7 Å². The van der Waals surface area contributed by atoms with Gasteiger partial charge in [-0.2, -0.15) is 0 Å². The highest BCUT2D eigenvalue weighted by Gasteiger charge is 2.22. The van der Waals surface area contributed by atoms with Crippen LogP contribution in [0.3, 0.4) is 0 Å². The Hall–Kier alpha value is -0.330. The maximum absolute atomic E-state index is 12.3. The zero-order valence-corrected chi connectivity index (χ0v) is 13.6. The molecule has 0 bridgehead atoms.